The first kappa shape index (κ1) is 18.9. The van der Waals surface area contributed by atoms with Gasteiger partial charge in [0.15, 0.2) is 0 Å². The largest absolute Gasteiger partial charge is 0.416 e. The van der Waals surface area contributed by atoms with Gasteiger partial charge in [0.25, 0.3) is 10.0 Å². The van der Waals surface area contributed by atoms with Gasteiger partial charge in [-0.25, -0.2) is 8.42 Å². The van der Waals surface area contributed by atoms with Crippen LogP contribution >= 0.6 is 0 Å². The van der Waals surface area contributed by atoms with E-state index in [9.17, 15) is 31.2 Å². The van der Waals surface area contributed by atoms with Gasteiger partial charge in [0.1, 0.15) is 0 Å². The number of carbonyl (C=O) groups is 2. The molecule has 0 aromatic heterocycles. The van der Waals surface area contributed by atoms with Gasteiger partial charge < -0.3 is 0 Å². The van der Waals surface area contributed by atoms with E-state index >= 15 is 0 Å². The zero-order valence-electron chi connectivity index (χ0n) is 13.7. The van der Waals surface area contributed by atoms with E-state index in [-0.39, 0.29) is 40.9 Å². The Kier molecular flexibility index (Phi) is 4.68. The molecule has 1 heterocycles. The van der Waals surface area contributed by atoms with Crippen LogP contribution in [0, 0.1) is 0 Å². The fraction of sp³-hybridized carbons (Fsp3) is 0.176. The molecule has 1 N–H and O–H groups in total. The average molecular weight is 398 g/mol. The smallest absolute Gasteiger partial charge is 0.280 e. The molecule has 1 aliphatic rings. The molecule has 142 valence electrons. The quantitative estimate of drug-likeness (QED) is 0.802. The summed E-state index contributed by atoms with van der Waals surface area (Å²) in [5.74, 6) is -0.725. The minimum atomic E-state index is -4.52. The first-order chi connectivity index (χ1) is 12.6. The second kappa shape index (κ2) is 6.69. The molecule has 0 atom stereocenters. The van der Waals surface area contributed by atoms with E-state index in [1.807, 2.05) is 0 Å². The third-order valence-corrected chi connectivity index (χ3v) is 5.32. The fourth-order valence-electron chi connectivity index (χ4n) is 2.58. The highest BCUT2D eigenvalue weighted by atomic mass is 32.2. The van der Waals surface area contributed by atoms with Crippen LogP contribution in [-0.4, -0.2) is 20.2 Å². The molecule has 1 fully saturated rings. The standard InChI is InChI=1S/C17H13F3N2O4S/c18-17(19,20)11-1-3-12(4-2-11)21-27(25,26)14-7-5-13(6-8-14)22-15(23)9-10-16(22)24/h1-8,21H,9-10H2. The molecule has 0 saturated carbocycles. The Hall–Kier alpha value is -2.88. The summed E-state index contributed by atoms with van der Waals surface area (Å²) < 4.78 is 64.6. The highest BCUT2D eigenvalue weighted by Crippen LogP contribution is 2.30. The fourth-order valence-corrected chi connectivity index (χ4v) is 3.64. The Morgan fingerprint density at radius 2 is 1.37 bits per heavy atom. The number of alkyl halides is 3. The summed E-state index contributed by atoms with van der Waals surface area (Å²) in [6.07, 6.45) is -4.31. The van der Waals surface area contributed by atoms with Gasteiger partial charge in [-0.1, -0.05) is 0 Å². The molecule has 6 nitrogen and oxygen atoms in total. The van der Waals surface area contributed by atoms with Crippen LogP contribution < -0.4 is 9.62 Å². The average Bonchev–Trinajstić information content (AvgIpc) is 2.93. The molecular formula is C17H13F3N2O4S. The van der Waals surface area contributed by atoms with Crippen LogP contribution in [0.25, 0.3) is 0 Å². The van der Waals surface area contributed by atoms with Crippen molar-refractivity contribution in [1.29, 1.82) is 0 Å². The van der Waals surface area contributed by atoms with Gasteiger partial charge in [0.2, 0.25) is 11.8 Å². The molecule has 0 unspecified atom stereocenters. The normalized spacial score (nSPS) is 15.3. The van der Waals surface area contributed by atoms with E-state index < -0.39 is 21.8 Å². The first-order valence-corrected chi connectivity index (χ1v) is 9.22. The summed E-state index contributed by atoms with van der Waals surface area (Å²) in [5.41, 5.74) is -0.664. The van der Waals surface area contributed by atoms with E-state index in [1.165, 1.54) is 24.3 Å². The molecule has 2 aromatic carbocycles. The van der Waals surface area contributed by atoms with E-state index in [2.05, 4.69) is 4.72 Å². The van der Waals surface area contributed by atoms with Crippen molar-refractivity contribution in [3.8, 4) is 0 Å². The topological polar surface area (TPSA) is 83.6 Å². The van der Waals surface area contributed by atoms with Gasteiger partial charge in [0.05, 0.1) is 16.1 Å². The van der Waals surface area contributed by atoms with Crippen molar-refractivity contribution in [3.05, 3.63) is 54.1 Å². The number of carbonyl (C=O) groups excluding carboxylic acids is 2. The first-order valence-electron chi connectivity index (χ1n) is 7.74. The van der Waals surface area contributed by atoms with Crippen LogP contribution in [0.3, 0.4) is 0 Å². The summed E-state index contributed by atoms with van der Waals surface area (Å²) in [6.45, 7) is 0. The zero-order valence-corrected chi connectivity index (χ0v) is 14.5. The van der Waals surface area contributed by atoms with E-state index in [0.717, 1.165) is 29.2 Å². The van der Waals surface area contributed by atoms with Crippen LogP contribution in [0.4, 0.5) is 24.5 Å². The summed E-state index contributed by atoms with van der Waals surface area (Å²) in [4.78, 5) is 24.2. The third-order valence-electron chi connectivity index (χ3n) is 3.92. The summed E-state index contributed by atoms with van der Waals surface area (Å²) in [6, 6.07) is 8.62. The van der Waals surface area contributed by atoms with E-state index in [1.54, 1.807) is 0 Å². The highest BCUT2D eigenvalue weighted by molar-refractivity contribution is 7.92. The molecular weight excluding hydrogens is 385 g/mol. The lowest BCUT2D eigenvalue weighted by Crippen LogP contribution is -2.28. The molecule has 3 rings (SSSR count). The third kappa shape index (κ3) is 3.95. The highest BCUT2D eigenvalue weighted by Gasteiger charge is 2.31. The lowest BCUT2D eigenvalue weighted by Gasteiger charge is -2.14. The van der Waals surface area contributed by atoms with Gasteiger partial charge in [-0.15, -0.1) is 0 Å². The number of nitrogens with one attached hydrogen (secondary N) is 1. The van der Waals surface area contributed by atoms with Crippen molar-refractivity contribution in [2.24, 2.45) is 0 Å². The number of hydrogen-bond acceptors (Lipinski definition) is 4. The van der Waals surface area contributed by atoms with E-state index in [4.69, 9.17) is 0 Å². The summed E-state index contributed by atoms with van der Waals surface area (Å²) >= 11 is 0. The van der Waals surface area contributed by atoms with Crippen molar-refractivity contribution in [3.63, 3.8) is 0 Å². The van der Waals surface area contributed by atoms with Crippen LogP contribution in [0.5, 0.6) is 0 Å². The van der Waals surface area contributed by atoms with E-state index in [0.29, 0.717) is 0 Å². The number of amides is 2. The van der Waals surface area contributed by atoms with Crippen LogP contribution in [0.1, 0.15) is 18.4 Å². The van der Waals surface area contributed by atoms with Gasteiger partial charge >= 0.3 is 6.18 Å². The number of imide groups is 1. The van der Waals surface area contributed by atoms with Gasteiger partial charge in [0, 0.05) is 18.5 Å². The van der Waals surface area contributed by atoms with Crippen molar-refractivity contribution in [2.45, 2.75) is 23.9 Å². The second-order valence-electron chi connectivity index (χ2n) is 5.80. The molecule has 10 heteroatoms. The predicted molar refractivity (Wildman–Crippen MR) is 90.4 cm³/mol. The zero-order chi connectivity index (χ0) is 19.8. The number of nitrogens with zero attached hydrogens (tertiary/aromatic N) is 1. The SMILES string of the molecule is O=C1CCC(=O)N1c1ccc(S(=O)(=O)Nc2ccc(C(F)(F)F)cc2)cc1. The number of halogens is 3. The van der Waals surface area contributed by atoms with Crippen LogP contribution in [-0.2, 0) is 25.8 Å². The maximum absolute atomic E-state index is 12.6. The number of sulfonamides is 1. The maximum Gasteiger partial charge on any atom is 0.416 e. The minimum absolute atomic E-state index is 0.0306. The van der Waals surface area contributed by atoms with Gasteiger partial charge in [-0.3, -0.25) is 19.2 Å². The van der Waals surface area contributed by atoms with Crippen molar-refractivity contribution < 1.29 is 31.2 Å². The molecule has 0 aliphatic carbocycles. The molecule has 0 spiro atoms. The summed E-state index contributed by atoms with van der Waals surface area (Å²) in [7, 11) is -4.05. The molecule has 0 bridgehead atoms. The van der Waals surface area contributed by atoms with Crippen LogP contribution in [0.15, 0.2) is 53.4 Å². The Bertz CT molecular complexity index is 968. The summed E-state index contributed by atoms with van der Waals surface area (Å²) in [5, 5.41) is 0. The van der Waals surface area contributed by atoms with Gasteiger partial charge in [-0.05, 0) is 48.5 Å². The molecule has 1 saturated heterocycles. The molecule has 27 heavy (non-hydrogen) atoms. The van der Waals surface area contributed by atoms with Gasteiger partial charge in [-0.2, -0.15) is 13.2 Å². The Balaban J connectivity index is 1.79. The van der Waals surface area contributed by atoms with Crippen molar-refractivity contribution >= 4 is 33.2 Å². The molecule has 2 aromatic rings. The number of rotatable bonds is 4. The van der Waals surface area contributed by atoms with Crippen LogP contribution in [0.2, 0.25) is 0 Å². The van der Waals surface area contributed by atoms with Crippen molar-refractivity contribution in [2.75, 3.05) is 9.62 Å². The number of hydrogen-bond donors (Lipinski definition) is 1. The molecule has 1 aliphatic heterocycles. The Labute approximate surface area is 152 Å². The molecule has 2 amide bonds. The number of anilines is 2. The molecule has 0 radical (unpaired) electrons. The monoisotopic (exact) mass is 398 g/mol. The Morgan fingerprint density at radius 3 is 1.85 bits per heavy atom. The lowest BCUT2D eigenvalue weighted by atomic mass is 10.2. The Morgan fingerprint density at radius 1 is 0.852 bits per heavy atom. The lowest BCUT2D eigenvalue weighted by molar-refractivity contribution is -0.137. The van der Waals surface area contributed by atoms with Crippen molar-refractivity contribution in [1.82, 2.24) is 0 Å². The maximum atomic E-state index is 12.6. The predicted octanol–water partition coefficient (Wildman–Crippen LogP) is 3.16. The number of benzene rings is 2. The minimum Gasteiger partial charge on any atom is -0.280 e. The second-order valence-corrected chi connectivity index (χ2v) is 7.48.